The van der Waals surface area contributed by atoms with Crippen molar-refractivity contribution in [3.8, 4) is 0 Å². The van der Waals surface area contributed by atoms with Crippen LogP contribution in [0.5, 0.6) is 0 Å². The van der Waals surface area contributed by atoms with E-state index in [9.17, 15) is 9.59 Å². The maximum atomic E-state index is 12.4. The Labute approximate surface area is 152 Å². The maximum absolute atomic E-state index is 12.4. The zero-order valence-electron chi connectivity index (χ0n) is 15.2. The Hall–Kier alpha value is -3.15. The smallest absolute Gasteiger partial charge is 0.255 e. The van der Waals surface area contributed by atoms with E-state index in [0.717, 1.165) is 22.4 Å². The molecule has 0 fully saturated rings. The van der Waals surface area contributed by atoms with E-state index in [1.165, 1.54) is 6.92 Å². The summed E-state index contributed by atoms with van der Waals surface area (Å²) < 4.78 is 2.00. The second-order valence-corrected chi connectivity index (χ2v) is 6.34. The van der Waals surface area contributed by atoms with Crippen LogP contribution in [0.4, 0.5) is 5.69 Å². The van der Waals surface area contributed by atoms with Crippen molar-refractivity contribution in [3.63, 3.8) is 0 Å². The summed E-state index contributed by atoms with van der Waals surface area (Å²) in [5.41, 5.74) is 4.23. The molecule has 0 aliphatic heterocycles. The minimum atomic E-state index is -0.147. The van der Waals surface area contributed by atoms with E-state index in [-0.39, 0.29) is 11.8 Å². The van der Waals surface area contributed by atoms with E-state index in [1.54, 1.807) is 0 Å². The highest BCUT2D eigenvalue weighted by molar-refractivity contribution is 6.05. The lowest BCUT2D eigenvalue weighted by Crippen LogP contribution is -2.23. The molecule has 0 bridgehead atoms. The van der Waals surface area contributed by atoms with Crippen LogP contribution < -0.4 is 10.6 Å². The van der Waals surface area contributed by atoms with E-state index in [1.807, 2.05) is 61.0 Å². The van der Waals surface area contributed by atoms with Crippen LogP contribution in [-0.4, -0.2) is 27.9 Å². The summed E-state index contributed by atoms with van der Waals surface area (Å²) in [4.78, 5) is 28.0. The van der Waals surface area contributed by atoms with Crippen LogP contribution in [0.1, 0.15) is 28.7 Å². The predicted octanol–water partition coefficient (Wildman–Crippen LogP) is 2.81. The van der Waals surface area contributed by atoms with Crippen LogP contribution in [0.15, 0.2) is 42.5 Å². The van der Waals surface area contributed by atoms with Crippen molar-refractivity contribution >= 4 is 28.5 Å². The lowest BCUT2D eigenvalue weighted by Gasteiger charge is -2.06. The van der Waals surface area contributed by atoms with Gasteiger partial charge in [0.2, 0.25) is 5.91 Å². The van der Waals surface area contributed by atoms with Gasteiger partial charge in [-0.25, -0.2) is 4.98 Å². The number of anilines is 1. The van der Waals surface area contributed by atoms with Gasteiger partial charge in [0.1, 0.15) is 5.82 Å². The zero-order valence-corrected chi connectivity index (χ0v) is 15.2. The Balaban J connectivity index is 1.77. The third kappa shape index (κ3) is 3.91. The summed E-state index contributed by atoms with van der Waals surface area (Å²) in [5, 5.41) is 5.69. The number of nitrogens with zero attached hydrogens (tertiary/aromatic N) is 2. The van der Waals surface area contributed by atoms with Crippen LogP contribution in [0.3, 0.4) is 0 Å². The lowest BCUT2D eigenvalue weighted by atomic mass is 10.1. The number of rotatable bonds is 5. The summed E-state index contributed by atoms with van der Waals surface area (Å²) >= 11 is 0. The number of aromatic nitrogens is 2. The van der Waals surface area contributed by atoms with E-state index in [0.29, 0.717) is 24.2 Å². The molecule has 0 radical (unpaired) electrons. The minimum Gasteiger partial charge on any atom is -0.356 e. The Morgan fingerprint density at radius 2 is 1.85 bits per heavy atom. The topological polar surface area (TPSA) is 76.0 Å². The number of imidazole rings is 1. The molecule has 3 aromatic rings. The molecule has 2 aromatic carbocycles. The maximum Gasteiger partial charge on any atom is 0.255 e. The predicted molar refractivity (Wildman–Crippen MR) is 102 cm³/mol. The quantitative estimate of drug-likeness (QED) is 0.743. The van der Waals surface area contributed by atoms with Crippen molar-refractivity contribution in [3.05, 3.63) is 59.4 Å². The number of carbonyl (C=O) groups is 2. The van der Waals surface area contributed by atoms with E-state index in [4.69, 9.17) is 0 Å². The van der Waals surface area contributed by atoms with Crippen molar-refractivity contribution in [2.75, 3.05) is 11.9 Å². The summed E-state index contributed by atoms with van der Waals surface area (Å²) in [6, 6.07) is 13.1. The van der Waals surface area contributed by atoms with Gasteiger partial charge in [0, 0.05) is 38.2 Å². The van der Waals surface area contributed by atoms with Crippen molar-refractivity contribution in [2.24, 2.45) is 7.05 Å². The van der Waals surface area contributed by atoms with Crippen LogP contribution in [0.25, 0.3) is 11.0 Å². The first kappa shape index (κ1) is 17.7. The fourth-order valence-electron chi connectivity index (χ4n) is 2.81. The number of benzene rings is 2. The first-order chi connectivity index (χ1) is 12.4. The molecule has 2 amide bonds. The van der Waals surface area contributed by atoms with E-state index >= 15 is 0 Å². The molecular formula is C20H22N4O2. The summed E-state index contributed by atoms with van der Waals surface area (Å²) in [7, 11) is 1.95. The molecule has 3 rings (SSSR count). The van der Waals surface area contributed by atoms with E-state index < -0.39 is 0 Å². The van der Waals surface area contributed by atoms with Gasteiger partial charge in [0.25, 0.3) is 5.91 Å². The highest BCUT2D eigenvalue weighted by atomic mass is 16.2. The molecule has 0 aliphatic carbocycles. The molecule has 6 heteroatoms. The fraction of sp³-hybridized carbons (Fsp3) is 0.250. The molecule has 0 aliphatic rings. The van der Waals surface area contributed by atoms with Crippen LogP contribution >= 0.6 is 0 Å². The number of nitrogens with one attached hydrogen (secondary N) is 2. The standard InChI is InChI=1S/C20H22N4O2/c1-13-4-6-15(7-5-13)20(26)22-16-8-9-18-17(12-16)23-19(24(18)3)10-11-21-14(2)25/h4-9,12H,10-11H2,1-3H3,(H,21,25)(H,22,26). The third-order valence-electron chi connectivity index (χ3n) is 4.27. The monoisotopic (exact) mass is 350 g/mol. The molecule has 0 spiro atoms. The molecule has 1 heterocycles. The first-order valence-electron chi connectivity index (χ1n) is 8.52. The Morgan fingerprint density at radius 3 is 2.54 bits per heavy atom. The largest absolute Gasteiger partial charge is 0.356 e. The summed E-state index contributed by atoms with van der Waals surface area (Å²) in [6.45, 7) is 4.03. The van der Waals surface area contributed by atoms with Gasteiger partial charge in [-0.15, -0.1) is 0 Å². The molecule has 0 saturated heterocycles. The Kier molecular flexibility index (Phi) is 5.02. The number of carbonyl (C=O) groups excluding carboxylic acids is 2. The third-order valence-corrected chi connectivity index (χ3v) is 4.27. The second-order valence-electron chi connectivity index (χ2n) is 6.34. The van der Waals surface area contributed by atoms with Gasteiger partial charge in [-0.1, -0.05) is 17.7 Å². The average molecular weight is 350 g/mol. The van der Waals surface area contributed by atoms with Gasteiger partial charge in [0.05, 0.1) is 11.0 Å². The number of hydrogen-bond acceptors (Lipinski definition) is 3. The van der Waals surface area contributed by atoms with Crippen LogP contribution in [0, 0.1) is 6.92 Å². The highest BCUT2D eigenvalue weighted by Gasteiger charge is 2.10. The SMILES string of the molecule is CC(=O)NCCc1nc2cc(NC(=O)c3ccc(C)cc3)ccc2n1C. The van der Waals surface area contributed by atoms with Gasteiger partial charge in [-0.05, 0) is 37.3 Å². The highest BCUT2D eigenvalue weighted by Crippen LogP contribution is 2.20. The van der Waals surface area contributed by atoms with Crippen LogP contribution in [0.2, 0.25) is 0 Å². The zero-order chi connectivity index (χ0) is 18.7. The second kappa shape index (κ2) is 7.39. The molecule has 0 atom stereocenters. The van der Waals surface area contributed by atoms with Gasteiger partial charge >= 0.3 is 0 Å². The molecule has 6 nitrogen and oxygen atoms in total. The van der Waals surface area contributed by atoms with E-state index in [2.05, 4.69) is 15.6 Å². The lowest BCUT2D eigenvalue weighted by molar-refractivity contribution is -0.118. The normalized spacial score (nSPS) is 10.7. The molecule has 2 N–H and O–H groups in total. The van der Waals surface area contributed by atoms with Crippen molar-refractivity contribution < 1.29 is 9.59 Å². The number of amides is 2. The molecular weight excluding hydrogens is 328 g/mol. The molecule has 26 heavy (non-hydrogen) atoms. The molecule has 134 valence electrons. The molecule has 0 unspecified atom stereocenters. The number of aryl methyl sites for hydroxylation is 2. The van der Waals surface area contributed by atoms with Crippen molar-refractivity contribution in [1.29, 1.82) is 0 Å². The van der Waals surface area contributed by atoms with Gasteiger partial charge in [0.15, 0.2) is 0 Å². The Morgan fingerprint density at radius 1 is 1.12 bits per heavy atom. The number of fused-ring (bicyclic) bond motifs is 1. The van der Waals surface area contributed by atoms with Gasteiger partial charge in [-0.2, -0.15) is 0 Å². The van der Waals surface area contributed by atoms with Gasteiger partial charge < -0.3 is 15.2 Å². The molecule has 1 aromatic heterocycles. The van der Waals surface area contributed by atoms with Crippen LogP contribution in [-0.2, 0) is 18.3 Å². The van der Waals surface area contributed by atoms with Crippen molar-refractivity contribution in [2.45, 2.75) is 20.3 Å². The minimum absolute atomic E-state index is 0.0510. The first-order valence-corrected chi connectivity index (χ1v) is 8.52. The van der Waals surface area contributed by atoms with Gasteiger partial charge in [-0.3, -0.25) is 9.59 Å². The molecule has 0 saturated carbocycles. The Bertz CT molecular complexity index is 958. The summed E-state index contributed by atoms with van der Waals surface area (Å²) in [5.74, 6) is 0.687. The fourth-order valence-corrected chi connectivity index (χ4v) is 2.81. The summed E-state index contributed by atoms with van der Waals surface area (Å²) in [6.07, 6.45) is 0.649. The van der Waals surface area contributed by atoms with Crippen molar-refractivity contribution in [1.82, 2.24) is 14.9 Å². The number of hydrogen-bond donors (Lipinski definition) is 2. The average Bonchev–Trinajstić information content (AvgIpc) is 2.90.